The number of benzene rings is 2. The van der Waals surface area contributed by atoms with Gasteiger partial charge in [0.1, 0.15) is 11.6 Å². The maximum absolute atomic E-state index is 13.1. The van der Waals surface area contributed by atoms with Crippen LogP contribution in [-0.2, 0) is 4.79 Å². The van der Waals surface area contributed by atoms with E-state index in [9.17, 15) is 13.6 Å². The quantitative estimate of drug-likeness (QED) is 0.676. The predicted octanol–water partition coefficient (Wildman–Crippen LogP) is 3.59. The van der Waals surface area contributed by atoms with Gasteiger partial charge in [0.15, 0.2) is 0 Å². The second-order valence-corrected chi connectivity index (χ2v) is 3.93. The summed E-state index contributed by atoms with van der Waals surface area (Å²) in [5.41, 5.74) is 0.545. The van der Waals surface area contributed by atoms with Crippen LogP contribution in [0.25, 0.3) is 11.6 Å². The highest BCUT2D eigenvalue weighted by Crippen LogP contribution is 2.20. The molecule has 0 saturated heterocycles. The van der Waals surface area contributed by atoms with Gasteiger partial charge in [-0.1, -0.05) is 24.3 Å². The number of carboxylic acids is 1. The third-order valence-corrected chi connectivity index (χ3v) is 2.53. The molecule has 0 saturated carbocycles. The number of hydrogen-bond acceptors (Lipinski definition) is 1. The Labute approximate surface area is 108 Å². The number of hydrogen-bond donors (Lipinski definition) is 1. The number of aliphatic carboxylic acids is 1. The first-order valence-electron chi connectivity index (χ1n) is 5.53. The molecule has 0 aromatic heterocycles. The molecule has 0 spiro atoms. The zero-order valence-electron chi connectivity index (χ0n) is 9.81. The molecular formula is C15H10F2O2. The molecule has 0 aliphatic rings. The van der Waals surface area contributed by atoms with E-state index >= 15 is 0 Å². The molecule has 1 N–H and O–H groups in total. The number of rotatable bonds is 3. The van der Waals surface area contributed by atoms with Crippen LogP contribution in [0.1, 0.15) is 11.1 Å². The maximum Gasteiger partial charge on any atom is 0.336 e. The first-order chi connectivity index (χ1) is 9.06. The second kappa shape index (κ2) is 5.44. The zero-order chi connectivity index (χ0) is 13.8. The maximum atomic E-state index is 13.1. The Kier molecular flexibility index (Phi) is 3.71. The van der Waals surface area contributed by atoms with E-state index in [0.29, 0.717) is 5.56 Å². The monoisotopic (exact) mass is 260 g/mol. The first kappa shape index (κ1) is 13.0. The fraction of sp³-hybridized carbons (Fsp3) is 0. The fourth-order valence-electron chi connectivity index (χ4n) is 1.69. The minimum atomic E-state index is -1.20. The highest BCUT2D eigenvalue weighted by atomic mass is 19.1. The van der Waals surface area contributed by atoms with E-state index in [-0.39, 0.29) is 11.1 Å². The standard InChI is InChI=1S/C15H10F2O2/c16-12-5-1-3-10(7-12)8-14(15(18)19)11-4-2-6-13(17)9-11/h1-9H,(H,18,19)/b14-8+. The molecular weight excluding hydrogens is 250 g/mol. The lowest BCUT2D eigenvalue weighted by atomic mass is 10.0. The molecule has 19 heavy (non-hydrogen) atoms. The Morgan fingerprint density at radius 2 is 1.63 bits per heavy atom. The van der Waals surface area contributed by atoms with Crippen molar-refractivity contribution in [1.82, 2.24) is 0 Å². The second-order valence-electron chi connectivity index (χ2n) is 3.93. The van der Waals surface area contributed by atoms with Crippen molar-refractivity contribution in [1.29, 1.82) is 0 Å². The molecule has 2 aromatic carbocycles. The lowest BCUT2D eigenvalue weighted by Crippen LogP contribution is -2.00. The van der Waals surface area contributed by atoms with E-state index in [1.165, 1.54) is 42.5 Å². The molecule has 2 aromatic rings. The minimum absolute atomic E-state index is 0.0925. The van der Waals surface area contributed by atoms with Crippen LogP contribution in [0.2, 0.25) is 0 Å². The molecule has 96 valence electrons. The van der Waals surface area contributed by atoms with Crippen LogP contribution in [-0.4, -0.2) is 11.1 Å². The van der Waals surface area contributed by atoms with Gasteiger partial charge < -0.3 is 5.11 Å². The van der Waals surface area contributed by atoms with Gasteiger partial charge in [-0.05, 0) is 41.5 Å². The summed E-state index contributed by atoms with van der Waals surface area (Å²) < 4.78 is 26.2. The molecule has 0 aliphatic carbocycles. The van der Waals surface area contributed by atoms with Crippen LogP contribution in [0.5, 0.6) is 0 Å². The van der Waals surface area contributed by atoms with Crippen LogP contribution >= 0.6 is 0 Å². The molecule has 0 amide bonds. The molecule has 0 fully saturated rings. The predicted molar refractivity (Wildman–Crippen MR) is 68.3 cm³/mol. The van der Waals surface area contributed by atoms with Gasteiger partial charge in [-0.25, -0.2) is 13.6 Å². The highest BCUT2D eigenvalue weighted by Gasteiger charge is 2.11. The Morgan fingerprint density at radius 3 is 2.21 bits per heavy atom. The summed E-state index contributed by atoms with van der Waals surface area (Å²) in [7, 11) is 0. The highest BCUT2D eigenvalue weighted by molar-refractivity contribution is 6.20. The summed E-state index contributed by atoms with van der Waals surface area (Å²) in [4.78, 5) is 11.2. The summed E-state index contributed by atoms with van der Waals surface area (Å²) in [6.45, 7) is 0. The van der Waals surface area contributed by atoms with Gasteiger partial charge in [-0.3, -0.25) is 0 Å². The fourth-order valence-corrected chi connectivity index (χ4v) is 1.69. The van der Waals surface area contributed by atoms with Crippen LogP contribution < -0.4 is 0 Å². The Morgan fingerprint density at radius 1 is 1.00 bits per heavy atom. The van der Waals surface area contributed by atoms with Gasteiger partial charge >= 0.3 is 5.97 Å². The van der Waals surface area contributed by atoms with Gasteiger partial charge in [0.25, 0.3) is 0 Å². The Bertz CT molecular complexity index is 648. The minimum Gasteiger partial charge on any atom is -0.478 e. The molecule has 0 atom stereocenters. The first-order valence-corrected chi connectivity index (χ1v) is 5.53. The molecule has 4 heteroatoms. The smallest absolute Gasteiger partial charge is 0.336 e. The average molecular weight is 260 g/mol. The summed E-state index contributed by atoms with van der Waals surface area (Å²) >= 11 is 0. The van der Waals surface area contributed by atoms with Crippen molar-refractivity contribution < 1.29 is 18.7 Å². The summed E-state index contributed by atoms with van der Waals surface area (Å²) in [6, 6.07) is 10.8. The van der Waals surface area contributed by atoms with Crippen LogP contribution in [0.15, 0.2) is 48.5 Å². The largest absolute Gasteiger partial charge is 0.478 e. The molecule has 0 bridgehead atoms. The van der Waals surface area contributed by atoms with E-state index in [2.05, 4.69) is 0 Å². The van der Waals surface area contributed by atoms with Crippen molar-refractivity contribution in [2.45, 2.75) is 0 Å². The number of carbonyl (C=O) groups is 1. The summed E-state index contributed by atoms with van der Waals surface area (Å²) in [5.74, 6) is -2.18. The molecule has 0 heterocycles. The van der Waals surface area contributed by atoms with Crippen molar-refractivity contribution in [2.75, 3.05) is 0 Å². The lowest BCUT2D eigenvalue weighted by Gasteiger charge is -2.03. The molecule has 0 aliphatic heterocycles. The lowest BCUT2D eigenvalue weighted by molar-refractivity contribution is -0.130. The van der Waals surface area contributed by atoms with E-state index in [4.69, 9.17) is 5.11 Å². The summed E-state index contributed by atoms with van der Waals surface area (Å²) in [5, 5.41) is 9.16. The van der Waals surface area contributed by atoms with Gasteiger partial charge in [-0.15, -0.1) is 0 Å². The normalized spacial score (nSPS) is 11.4. The molecule has 2 rings (SSSR count). The SMILES string of the molecule is O=C(O)/C(=C/c1cccc(F)c1)c1cccc(F)c1. The summed E-state index contributed by atoms with van der Waals surface area (Å²) in [6.07, 6.45) is 1.31. The van der Waals surface area contributed by atoms with E-state index in [0.717, 1.165) is 6.07 Å². The van der Waals surface area contributed by atoms with Crippen LogP contribution in [0.4, 0.5) is 8.78 Å². The van der Waals surface area contributed by atoms with Crippen LogP contribution in [0.3, 0.4) is 0 Å². The van der Waals surface area contributed by atoms with E-state index in [1.54, 1.807) is 6.07 Å². The van der Waals surface area contributed by atoms with E-state index in [1.807, 2.05) is 0 Å². The van der Waals surface area contributed by atoms with Crippen molar-refractivity contribution in [3.05, 3.63) is 71.3 Å². The molecule has 0 unspecified atom stereocenters. The molecule has 2 nitrogen and oxygen atoms in total. The average Bonchev–Trinajstić information content (AvgIpc) is 2.35. The third kappa shape index (κ3) is 3.25. The van der Waals surface area contributed by atoms with Crippen molar-refractivity contribution in [2.24, 2.45) is 0 Å². The van der Waals surface area contributed by atoms with Gasteiger partial charge in [-0.2, -0.15) is 0 Å². The van der Waals surface area contributed by atoms with Crippen molar-refractivity contribution in [3.63, 3.8) is 0 Å². The van der Waals surface area contributed by atoms with Crippen molar-refractivity contribution >= 4 is 17.6 Å². The van der Waals surface area contributed by atoms with Crippen molar-refractivity contribution in [3.8, 4) is 0 Å². The van der Waals surface area contributed by atoms with Gasteiger partial charge in [0.05, 0.1) is 5.57 Å². The Hall–Kier alpha value is -2.49. The molecule has 0 radical (unpaired) electrons. The van der Waals surface area contributed by atoms with Gasteiger partial charge in [0.2, 0.25) is 0 Å². The topological polar surface area (TPSA) is 37.3 Å². The van der Waals surface area contributed by atoms with Crippen LogP contribution in [0, 0.1) is 11.6 Å². The third-order valence-electron chi connectivity index (χ3n) is 2.53. The zero-order valence-corrected chi connectivity index (χ0v) is 9.81. The number of carboxylic acid groups (broad SMARTS) is 1. The van der Waals surface area contributed by atoms with E-state index < -0.39 is 17.6 Å². The van der Waals surface area contributed by atoms with Gasteiger partial charge in [0, 0.05) is 0 Å². The Balaban J connectivity index is 2.49. The number of halogens is 2.